The number of halogens is 1. The predicted octanol–water partition coefficient (Wildman–Crippen LogP) is 3.42. The Kier molecular flexibility index (Phi) is 6.29. The molecule has 1 amide bonds. The zero-order valence-electron chi connectivity index (χ0n) is 17.8. The molecular weight excluding hydrogens is 454 g/mol. The van der Waals surface area contributed by atoms with Crippen molar-refractivity contribution in [2.45, 2.75) is 51.9 Å². The van der Waals surface area contributed by atoms with E-state index in [9.17, 15) is 19.5 Å². The van der Waals surface area contributed by atoms with Gasteiger partial charge in [-0.05, 0) is 51.3 Å². The lowest BCUT2D eigenvalue weighted by atomic mass is 9.78. The van der Waals surface area contributed by atoms with E-state index in [1.807, 2.05) is 6.92 Å². The van der Waals surface area contributed by atoms with E-state index < -0.39 is 41.9 Å². The van der Waals surface area contributed by atoms with Crippen LogP contribution in [0.4, 0.5) is 5.00 Å². The summed E-state index contributed by atoms with van der Waals surface area (Å²) in [5.74, 6) is -4.22. The summed E-state index contributed by atoms with van der Waals surface area (Å²) >= 11 is 7.26. The van der Waals surface area contributed by atoms with Gasteiger partial charge in [-0.1, -0.05) is 23.7 Å². The number of nitrogens with one attached hydrogen (secondary N) is 1. The van der Waals surface area contributed by atoms with Crippen molar-refractivity contribution in [3.05, 3.63) is 39.7 Å². The standard InChI is InChI=1S/C23H24ClNO6S/c1-10(2)30-23(29)19-16(12-4-6-13(24)7-5-12)11(3)32-21(19)25-20(26)17-14-8-9-15(31-14)18(17)22(27)28/h4-7,10,14-15,17-18H,8-9H2,1-3H3,(H,25,26)(H,27,28)/p-1/t14-,15+,17+,18-/m0/s1. The number of thiophene rings is 1. The first-order valence-electron chi connectivity index (χ1n) is 10.4. The fraction of sp³-hybridized carbons (Fsp3) is 0.435. The van der Waals surface area contributed by atoms with Crippen LogP contribution in [0.25, 0.3) is 11.1 Å². The van der Waals surface area contributed by atoms with E-state index in [0.717, 1.165) is 10.4 Å². The number of carboxylic acids is 1. The van der Waals surface area contributed by atoms with E-state index in [2.05, 4.69) is 5.32 Å². The molecule has 9 heteroatoms. The Morgan fingerprint density at radius 2 is 1.78 bits per heavy atom. The third kappa shape index (κ3) is 4.14. The number of anilines is 1. The average molecular weight is 477 g/mol. The molecule has 2 saturated heterocycles. The normalized spacial score (nSPS) is 24.0. The third-order valence-corrected chi connectivity index (χ3v) is 7.12. The van der Waals surface area contributed by atoms with Gasteiger partial charge in [0.25, 0.3) is 0 Å². The van der Waals surface area contributed by atoms with Crippen molar-refractivity contribution in [2.75, 3.05) is 5.32 Å². The maximum Gasteiger partial charge on any atom is 0.342 e. The summed E-state index contributed by atoms with van der Waals surface area (Å²) in [6, 6.07) is 7.04. The molecule has 0 unspecified atom stereocenters. The van der Waals surface area contributed by atoms with Crippen molar-refractivity contribution in [3.63, 3.8) is 0 Å². The monoisotopic (exact) mass is 476 g/mol. The summed E-state index contributed by atoms with van der Waals surface area (Å²) in [5.41, 5.74) is 1.65. The van der Waals surface area contributed by atoms with Crippen LogP contribution in [0.2, 0.25) is 5.02 Å². The van der Waals surface area contributed by atoms with Gasteiger partial charge < -0.3 is 24.7 Å². The second-order valence-corrected chi connectivity index (χ2v) is 10.0. The van der Waals surface area contributed by atoms with E-state index >= 15 is 0 Å². The number of aliphatic carboxylic acids is 1. The van der Waals surface area contributed by atoms with Gasteiger partial charge in [0, 0.05) is 27.4 Å². The van der Waals surface area contributed by atoms with Crippen LogP contribution in [0.3, 0.4) is 0 Å². The maximum absolute atomic E-state index is 13.2. The minimum absolute atomic E-state index is 0.242. The van der Waals surface area contributed by atoms with E-state index in [-0.39, 0.29) is 11.7 Å². The highest BCUT2D eigenvalue weighted by Gasteiger charge is 2.53. The Bertz CT molecular complexity index is 1060. The summed E-state index contributed by atoms with van der Waals surface area (Å²) < 4.78 is 11.1. The van der Waals surface area contributed by atoms with Gasteiger partial charge in [0.1, 0.15) is 10.6 Å². The number of hydrogen-bond donors (Lipinski definition) is 1. The molecule has 2 bridgehead atoms. The Labute approximate surface area is 194 Å². The molecule has 1 aromatic carbocycles. The van der Waals surface area contributed by atoms with Crippen molar-refractivity contribution in [3.8, 4) is 11.1 Å². The van der Waals surface area contributed by atoms with Crippen molar-refractivity contribution in [1.82, 2.24) is 0 Å². The highest BCUT2D eigenvalue weighted by molar-refractivity contribution is 7.17. The molecule has 0 aliphatic carbocycles. The van der Waals surface area contributed by atoms with Gasteiger partial charge >= 0.3 is 5.97 Å². The summed E-state index contributed by atoms with van der Waals surface area (Å²) in [7, 11) is 0. The van der Waals surface area contributed by atoms with Crippen molar-refractivity contribution in [1.29, 1.82) is 0 Å². The number of aryl methyl sites for hydroxylation is 1. The molecule has 170 valence electrons. The number of esters is 1. The molecular formula is C23H23ClNO6S-. The number of carboxylic acid groups (broad SMARTS) is 1. The van der Waals surface area contributed by atoms with E-state index in [0.29, 0.717) is 28.4 Å². The highest BCUT2D eigenvalue weighted by atomic mass is 35.5. The molecule has 2 aliphatic heterocycles. The van der Waals surface area contributed by atoms with Gasteiger partial charge in [-0.15, -0.1) is 11.3 Å². The lowest BCUT2D eigenvalue weighted by molar-refractivity contribution is -0.313. The summed E-state index contributed by atoms with van der Waals surface area (Å²) in [6.45, 7) is 5.34. The Hall–Kier alpha value is -2.42. The summed E-state index contributed by atoms with van der Waals surface area (Å²) in [5, 5.41) is 15.4. The van der Waals surface area contributed by atoms with Crippen molar-refractivity contribution in [2.24, 2.45) is 11.8 Å². The first kappa shape index (κ1) is 22.8. The number of hydrogen-bond acceptors (Lipinski definition) is 7. The van der Waals surface area contributed by atoms with Crippen LogP contribution in [0.15, 0.2) is 24.3 Å². The minimum Gasteiger partial charge on any atom is -0.550 e. The molecule has 1 N–H and O–H groups in total. The van der Waals surface area contributed by atoms with Crippen LogP contribution in [0, 0.1) is 18.8 Å². The molecule has 0 saturated carbocycles. The largest absolute Gasteiger partial charge is 0.550 e. The molecule has 3 heterocycles. The first-order valence-corrected chi connectivity index (χ1v) is 11.6. The maximum atomic E-state index is 13.2. The van der Waals surface area contributed by atoms with Crippen molar-refractivity contribution < 1.29 is 29.0 Å². The molecule has 0 radical (unpaired) electrons. The van der Waals surface area contributed by atoms with E-state index in [4.69, 9.17) is 21.1 Å². The lowest BCUT2D eigenvalue weighted by Crippen LogP contribution is -2.46. The molecule has 2 aliphatic rings. The number of rotatable bonds is 6. The third-order valence-electron chi connectivity index (χ3n) is 5.85. The molecule has 32 heavy (non-hydrogen) atoms. The minimum atomic E-state index is -1.29. The van der Waals surface area contributed by atoms with Crippen LogP contribution in [-0.4, -0.2) is 36.2 Å². The van der Waals surface area contributed by atoms with Crippen LogP contribution >= 0.6 is 22.9 Å². The van der Waals surface area contributed by atoms with Gasteiger partial charge in [0.05, 0.1) is 24.2 Å². The van der Waals surface area contributed by atoms with Crippen LogP contribution in [0.1, 0.15) is 41.9 Å². The quantitative estimate of drug-likeness (QED) is 0.640. The first-order chi connectivity index (χ1) is 15.2. The van der Waals surface area contributed by atoms with Gasteiger partial charge in [0.2, 0.25) is 5.91 Å². The van der Waals surface area contributed by atoms with Gasteiger partial charge in [-0.3, -0.25) is 4.79 Å². The van der Waals surface area contributed by atoms with Gasteiger partial charge in [0.15, 0.2) is 0 Å². The Morgan fingerprint density at radius 3 is 2.38 bits per heavy atom. The SMILES string of the molecule is Cc1sc(NC(=O)[C@H]2[C@@H](C(=O)[O-])[C@H]3CC[C@@H]2O3)c(C(=O)OC(C)C)c1-c1ccc(Cl)cc1. The molecule has 4 atom stereocenters. The van der Waals surface area contributed by atoms with Crippen LogP contribution < -0.4 is 10.4 Å². The lowest BCUT2D eigenvalue weighted by Gasteiger charge is -2.27. The number of carbonyl (C=O) groups is 3. The molecule has 0 spiro atoms. The van der Waals surface area contributed by atoms with Gasteiger partial charge in [-0.25, -0.2) is 4.79 Å². The molecule has 7 nitrogen and oxygen atoms in total. The predicted molar refractivity (Wildman–Crippen MR) is 119 cm³/mol. The zero-order chi connectivity index (χ0) is 23.2. The van der Waals surface area contributed by atoms with Crippen LogP contribution in [0.5, 0.6) is 0 Å². The highest BCUT2D eigenvalue weighted by Crippen LogP contribution is 2.45. The molecule has 2 aromatic rings. The second-order valence-electron chi connectivity index (χ2n) is 8.35. The smallest absolute Gasteiger partial charge is 0.342 e. The topological polar surface area (TPSA) is 105 Å². The number of amides is 1. The van der Waals surface area contributed by atoms with E-state index in [1.165, 1.54) is 11.3 Å². The number of carbonyl (C=O) groups excluding carboxylic acids is 3. The Morgan fingerprint density at radius 1 is 1.16 bits per heavy atom. The number of ether oxygens (including phenoxy) is 2. The van der Waals surface area contributed by atoms with Gasteiger partial charge in [-0.2, -0.15) is 0 Å². The molecule has 2 fully saturated rings. The van der Waals surface area contributed by atoms with E-state index in [1.54, 1.807) is 38.1 Å². The Balaban J connectivity index is 1.71. The van der Waals surface area contributed by atoms with Crippen LogP contribution in [-0.2, 0) is 19.1 Å². The molecule has 4 rings (SSSR count). The second kappa shape index (κ2) is 8.84. The zero-order valence-corrected chi connectivity index (χ0v) is 19.4. The number of benzene rings is 1. The summed E-state index contributed by atoms with van der Waals surface area (Å²) in [6.07, 6.45) is -0.121. The average Bonchev–Trinajstić information content (AvgIpc) is 3.41. The van der Waals surface area contributed by atoms with Crippen molar-refractivity contribution >= 4 is 45.8 Å². The fourth-order valence-corrected chi connectivity index (χ4v) is 5.76. The summed E-state index contributed by atoms with van der Waals surface area (Å²) in [4.78, 5) is 38.7. The fourth-order valence-electron chi connectivity index (χ4n) is 4.57. The number of fused-ring (bicyclic) bond motifs is 2. The molecule has 1 aromatic heterocycles.